The fraction of sp³-hybridized carbons (Fsp3) is 0.565. The summed E-state index contributed by atoms with van der Waals surface area (Å²) < 4.78 is 16.7. The van der Waals surface area contributed by atoms with Crippen molar-refractivity contribution in [3.8, 4) is 0 Å². The Bertz CT molecular complexity index is 1540. The molecule has 6 heteroatoms. The summed E-state index contributed by atoms with van der Waals surface area (Å²) in [4.78, 5) is 38.0. The van der Waals surface area contributed by atoms with Crippen molar-refractivity contribution < 1.29 is 28.6 Å². The number of allylic oxidation sites excluding steroid dienone is 24. The first-order valence-electron chi connectivity index (χ1n) is 26.9. The molecule has 1 unspecified atom stereocenters. The van der Waals surface area contributed by atoms with Gasteiger partial charge in [-0.15, -0.1) is 0 Å². The van der Waals surface area contributed by atoms with Crippen LogP contribution in [-0.4, -0.2) is 37.2 Å². The van der Waals surface area contributed by atoms with Crippen LogP contribution in [0.3, 0.4) is 0 Å². The molecule has 0 aliphatic heterocycles. The summed E-state index contributed by atoms with van der Waals surface area (Å²) in [6, 6.07) is 0. The molecular formula is C62H96O6. The average molecular weight is 937 g/mol. The summed E-state index contributed by atoms with van der Waals surface area (Å²) in [6.45, 7) is 6.26. The summed E-state index contributed by atoms with van der Waals surface area (Å²) in [6.07, 6.45) is 78.4. The van der Waals surface area contributed by atoms with Crippen LogP contribution >= 0.6 is 0 Å². The summed E-state index contributed by atoms with van der Waals surface area (Å²) in [5.41, 5.74) is 0. The molecule has 0 aliphatic carbocycles. The van der Waals surface area contributed by atoms with Gasteiger partial charge in [-0.05, 0) is 77.0 Å². The van der Waals surface area contributed by atoms with Gasteiger partial charge in [-0.2, -0.15) is 0 Å². The molecule has 0 saturated heterocycles. The second-order valence-corrected chi connectivity index (χ2v) is 17.2. The van der Waals surface area contributed by atoms with Crippen LogP contribution in [0.2, 0.25) is 0 Å². The standard InChI is InChI=1S/C62H96O6/c1-4-7-10-13-16-19-22-25-28-30-31-33-34-37-40-43-46-49-52-55-61(64)67-58-59(57-66-60(63)54-51-48-45-42-39-36-27-24-21-18-15-12-9-6-3)68-62(65)56-53-50-47-44-41-38-35-32-29-26-23-20-17-14-11-8-5-2/h7-8,10-11,14,16-17,19-20,23,25-26,28-29,31-33,35,37-38,40-41,46,49,59H,4-6,9,12-13,15,18,21-22,24,27,30,34,36,39,42-45,47-48,50-58H2,1-3H3/b10-7-,11-8-,17-14-,19-16-,23-20-,28-25-,29-26-,33-31-,35-32+,40-37-,41-38-,49-46-. The Balaban J connectivity index is 4.62. The Labute approximate surface area is 417 Å². The lowest BCUT2D eigenvalue weighted by molar-refractivity contribution is -0.166. The van der Waals surface area contributed by atoms with Gasteiger partial charge in [-0.1, -0.05) is 256 Å². The third-order valence-electron chi connectivity index (χ3n) is 10.8. The zero-order valence-electron chi connectivity index (χ0n) is 43.3. The average Bonchev–Trinajstić information content (AvgIpc) is 3.34. The van der Waals surface area contributed by atoms with E-state index in [9.17, 15) is 14.4 Å². The molecule has 0 amide bonds. The molecule has 0 rings (SSSR count). The number of hydrogen-bond acceptors (Lipinski definition) is 6. The molecule has 0 N–H and O–H groups in total. The van der Waals surface area contributed by atoms with Gasteiger partial charge >= 0.3 is 17.9 Å². The van der Waals surface area contributed by atoms with Gasteiger partial charge in [0.2, 0.25) is 0 Å². The van der Waals surface area contributed by atoms with Crippen molar-refractivity contribution in [2.24, 2.45) is 0 Å². The topological polar surface area (TPSA) is 78.9 Å². The predicted octanol–water partition coefficient (Wildman–Crippen LogP) is 18.0. The van der Waals surface area contributed by atoms with E-state index in [1.54, 1.807) is 0 Å². The Hall–Kier alpha value is -4.71. The van der Waals surface area contributed by atoms with Crippen LogP contribution in [-0.2, 0) is 28.6 Å². The Morgan fingerprint density at radius 2 is 0.676 bits per heavy atom. The first kappa shape index (κ1) is 63.3. The van der Waals surface area contributed by atoms with Crippen molar-refractivity contribution in [2.45, 2.75) is 213 Å². The number of esters is 3. The Morgan fingerprint density at radius 3 is 1.13 bits per heavy atom. The molecule has 0 spiro atoms. The molecular weight excluding hydrogens is 841 g/mol. The van der Waals surface area contributed by atoms with Gasteiger partial charge in [0.25, 0.3) is 0 Å². The third kappa shape index (κ3) is 52.3. The fourth-order valence-electron chi connectivity index (χ4n) is 6.79. The number of rotatable bonds is 46. The second-order valence-electron chi connectivity index (χ2n) is 17.2. The zero-order chi connectivity index (χ0) is 49.3. The van der Waals surface area contributed by atoms with Crippen molar-refractivity contribution in [3.63, 3.8) is 0 Å². The number of carbonyl (C=O) groups is 3. The molecule has 0 saturated carbocycles. The quantitative estimate of drug-likeness (QED) is 0.0199. The summed E-state index contributed by atoms with van der Waals surface area (Å²) in [7, 11) is 0. The smallest absolute Gasteiger partial charge is 0.306 e. The molecule has 0 fully saturated rings. The molecule has 0 aliphatic rings. The minimum Gasteiger partial charge on any atom is -0.462 e. The fourth-order valence-corrected chi connectivity index (χ4v) is 6.79. The first-order valence-corrected chi connectivity index (χ1v) is 26.9. The Kier molecular flexibility index (Phi) is 51.1. The maximum absolute atomic E-state index is 12.8. The van der Waals surface area contributed by atoms with Crippen LogP contribution in [0.5, 0.6) is 0 Å². The molecule has 0 aromatic rings. The highest BCUT2D eigenvalue weighted by molar-refractivity contribution is 5.71. The van der Waals surface area contributed by atoms with Gasteiger partial charge < -0.3 is 14.2 Å². The minimum atomic E-state index is -0.837. The normalized spacial score (nSPS) is 13.3. The van der Waals surface area contributed by atoms with Gasteiger partial charge in [0.05, 0.1) is 0 Å². The van der Waals surface area contributed by atoms with Crippen molar-refractivity contribution in [1.29, 1.82) is 0 Å². The van der Waals surface area contributed by atoms with Crippen LogP contribution in [0.25, 0.3) is 0 Å². The lowest BCUT2D eigenvalue weighted by atomic mass is 10.0. The van der Waals surface area contributed by atoms with E-state index in [0.717, 1.165) is 83.5 Å². The lowest BCUT2D eigenvalue weighted by Crippen LogP contribution is -2.30. The summed E-state index contributed by atoms with van der Waals surface area (Å²) in [5, 5.41) is 0. The highest BCUT2D eigenvalue weighted by atomic mass is 16.6. The van der Waals surface area contributed by atoms with E-state index >= 15 is 0 Å². The minimum absolute atomic E-state index is 0.124. The van der Waals surface area contributed by atoms with Gasteiger partial charge in [0.1, 0.15) is 13.2 Å². The molecule has 0 radical (unpaired) electrons. The first-order chi connectivity index (χ1) is 33.5. The van der Waals surface area contributed by atoms with E-state index in [4.69, 9.17) is 14.2 Å². The molecule has 0 bridgehead atoms. The summed E-state index contributed by atoms with van der Waals surface area (Å²) >= 11 is 0. The van der Waals surface area contributed by atoms with Gasteiger partial charge in [0.15, 0.2) is 6.10 Å². The van der Waals surface area contributed by atoms with E-state index in [2.05, 4.69) is 93.7 Å². The predicted molar refractivity (Wildman–Crippen MR) is 292 cm³/mol. The SMILES string of the molecule is CC\C=C/C=C\C=C/C=C\C=C\C=C/CCCCCC(=O)OC(COC(=O)CC/C=C\C/C=C\C/C=C\C/C=C\C/C=C\C/C=C\CC)COC(=O)CCCCCCCCCCCCCCCC. The van der Waals surface area contributed by atoms with Crippen LogP contribution in [0.15, 0.2) is 146 Å². The van der Waals surface area contributed by atoms with Crippen LogP contribution in [0.1, 0.15) is 207 Å². The largest absolute Gasteiger partial charge is 0.462 e. The van der Waals surface area contributed by atoms with Crippen molar-refractivity contribution >= 4 is 17.9 Å². The molecule has 0 aromatic heterocycles. The molecule has 380 valence electrons. The number of ether oxygens (including phenoxy) is 3. The zero-order valence-corrected chi connectivity index (χ0v) is 43.3. The van der Waals surface area contributed by atoms with Gasteiger partial charge in [-0.3, -0.25) is 14.4 Å². The molecule has 0 aromatic carbocycles. The summed E-state index contributed by atoms with van der Waals surface area (Å²) in [5.74, 6) is -1.06. The van der Waals surface area contributed by atoms with Gasteiger partial charge in [0, 0.05) is 19.3 Å². The van der Waals surface area contributed by atoms with Crippen molar-refractivity contribution in [1.82, 2.24) is 0 Å². The third-order valence-corrected chi connectivity index (χ3v) is 10.8. The van der Waals surface area contributed by atoms with Crippen LogP contribution < -0.4 is 0 Å². The van der Waals surface area contributed by atoms with Crippen LogP contribution in [0.4, 0.5) is 0 Å². The van der Waals surface area contributed by atoms with E-state index in [1.165, 1.54) is 70.6 Å². The molecule has 0 heterocycles. The maximum atomic E-state index is 12.8. The Morgan fingerprint density at radius 1 is 0.324 bits per heavy atom. The van der Waals surface area contributed by atoms with E-state index in [-0.39, 0.29) is 44.0 Å². The van der Waals surface area contributed by atoms with Crippen molar-refractivity contribution in [2.75, 3.05) is 13.2 Å². The van der Waals surface area contributed by atoms with E-state index < -0.39 is 6.10 Å². The molecule has 1 atom stereocenters. The number of unbranched alkanes of at least 4 members (excludes halogenated alkanes) is 16. The highest BCUT2D eigenvalue weighted by Crippen LogP contribution is 2.14. The number of carbonyl (C=O) groups excluding carboxylic acids is 3. The monoisotopic (exact) mass is 937 g/mol. The highest BCUT2D eigenvalue weighted by Gasteiger charge is 2.19. The van der Waals surface area contributed by atoms with Crippen LogP contribution in [0, 0.1) is 0 Å². The molecule has 6 nitrogen and oxygen atoms in total. The molecule has 68 heavy (non-hydrogen) atoms. The second kappa shape index (κ2) is 54.9. The van der Waals surface area contributed by atoms with E-state index in [1.807, 2.05) is 72.9 Å². The van der Waals surface area contributed by atoms with Crippen molar-refractivity contribution in [3.05, 3.63) is 146 Å². The lowest BCUT2D eigenvalue weighted by Gasteiger charge is -2.18. The van der Waals surface area contributed by atoms with E-state index in [0.29, 0.717) is 19.3 Å². The number of hydrogen-bond donors (Lipinski definition) is 0. The van der Waals surface area contributed by atoms with Gasteiger partial charge in [-0.25, -0.2) is 0 Å². The maximum Gasteiger partial charge on any atom is 0.306 e.